The third-order valence-corrected chi connectivity index (χ3v) is 2.30. The first-order valence-corrected chi connectivity index (χ1v) is 5.76. The van der Waals surface area contributed by atoms with Gasteiger partial charge in [0, 0.05) is 12.8 Å². The van der Waals surface area contributed by atoms with E-state index in [9.17, 15) is 0 Å². The minimum atomic E-state index is 0.641. The molecule has 1 heterocycles. The maximum absolute atomic E-state index is 5.54. The molecule has 0 aliphatic heterocycles. The molecule has 0 saturated carbocycles. The number of unbranched alkanes of at least 4 members (excludes halogenated alkanes) is 1. The van der Waals surface area contributed by atoms with Gasteiger partial charge in [0.15, 0.2) is 0 Å². The molecule has 1 aromatic rings. The highest BCUT2D eigenvalue weighted by molar-refractivity contribution is 5.01. The second-order valence-corrected chi connectivity index (χ2v) is 4.26. The highest BCUT2D eigenvalue weighted by Crippen LogP contribution is 2.06. The molecule has 0 aliphatic carbocycles. The number of hydrogen-bond acceptors (Lipinski definition) is 2. The van der Waals surface area contributed by atoms with Crippen LogP contribution in [-0.2, 0) is 11.3 Å². The summed E-state index contributed by atoms with van der Waals surface area (Å²) in [7, 11) is 0. The van der Waals surface area contributed by atoms with Crippen LogP contribution < -0.4 is 0 Å². The van der Waals surface area contributed by atoms with Gasteiger partial charge in [-0.3, -0.25) is 4.98 Å². The second kappa shape index (κ2) is 7.41. The van der Waals surface area contributed by atoms with E-state index in [1.54, 1.807) is 6.20 Å². The predicted octanol–water partition coefficient (Wildman–Crippen LogP) is 3.42. The van der Waals surface area contributed by atoms with Crippen LogP contribution in [0.2, 0.25) is 0 Å². The van der Waals surface area contributed by atoms with Crippen molar-refractivity contribution in [2.24, 2.45) is 5.92 Å². The Balaban J connectivity index is 1.98. The first-order chi connectivity index (χ1) is 7.29. The number of ether oxygens (including phenoxy) is 1. The van der Waals surface area contributed by atoms with Gasteiger partial charge in [0.05, 0.1) is 12.3 Å². The van der Waals surface area contributed by atoms with Gasteiger partial charge in [-0.15, -0.1) is 0 Å². The van der Waals surface area contributed by atoms with E-state index in [0.29, 0.717) is 6.61 Å². The lowest BCUT2D eigenvalue weighted by atomic mass is 10.1. The van der Waals surface area contributed by atoms with E-state index in [1.165, 1.54) is 12.8 Å². The Morgan fingerprint density at radius 2 is 2.13 bits per heavy atom. The summed E-state index contributed by atoms with van der Waals surface area (Å²) < 4.78 is 5.54. The zero-order valence-corrected chi connectivity index (χ0v) is 9.78. The van der Waals surface area contributed by atoms with Crippen molar-refractivity contribution in [1.29, 1.82) is 0 Å². The summed E-state index contributed by atoms with van der Waals surface area (Å²) >= 11 is 0. The van der Waals surface area contributed by atoms with Crippen LogP contribution in [-0.4, -0.2) is 11.6 Å². The van der Waals surface area contributed by atoms with Crippen molar-refractivity contribution in [3.8, 4) is 0 Å². The number of nitrogens with zero attached hydrogens (tertiary/aromatic N) is 1. The highest BCUT2D eigenvalue weighted by Gasteiger charge is 1.95. The van der Waals surface area contributed by atoms with Crippen molar-refractivity contribution < 1.29 is 4.74 Å². The standard InChI is InChI=1S/C13H21NO/c1-12(2)7-4-6-10-15-11-13-8-3-5-9-14-13/h3,5,8-9,12H,4,6-7,10-11H2,1-2H3. The number of aromatic nitrogens is 1. The van der Waals surface area contributed by atoms with E-state index < -0.39 is 0 Å². The molecule has 84 valence electrons. The van der Waals surface area contributed by atoms with Crippen LogP contribution >= 0.6 is 0 Å². The third kappa shape index (κ3) is 6.24. The normalized spacial score (nSPS) is 10.9. The van der Waals surface area contributed by atoms with E-state index in [2.05, 4.69) is 18.8 Å². The van der Waals surface area contributed by atoms with Gasteiger partial charge in [-0.2, -0.15) is 0 Å². The molecule has 1 rings (SSSR count). The molecule has 0 fully saturated rings. The average Bonchev–Trinajstić information content (AvgIpc) is 2.24. The van der Waals surface area contributed by atoms with Crippen LogP contribution in [0.5, 0.6) is 0 Å². The molecule has 0 aromatic carbocycles. The molecule has 1 aromatic heterocycles. The Hall–Kier alpha value is -0.890. The van der Waals surface area contributed by atoms with E-state index in [1.807, 2.05) is 18.2 Å². The fourth-order valence-corrected chi connectivity index (χ4v) is 1.42. The zero-order valence-electron chi connectivity index (χ0n) is 9.78. The third-order valence-electron chi connectivity index (χ3n) is 2.30. The van der Waals surface area contributed by atoms with Crippen molar-refractivity contribution in [3.05, 3.63) is 30.1 Å². The lowest BCUT2D eigenvalue weighted by Crippen LogP contribution is -1.98. The molecular formula is C13H21NO. The highest BCUT2D eigenvalue weighted by atomic mass is 16.5. The van der Waals surface area contributed by atoms with Gasteiger partial charge >= 0.3 is 0 Å². The van der Waals surface area contributed by atoms with Crippen molar-refractivity contribution >= 4 is 0 Å². The summed E-state index contributed by atoms with van der Waals surface area (Å²) in [6.45, 7) is 6.01. The Bertz CT molecular complexity index is 246. The maximum atomic E-state index is 5.54. The first-order valence-electron chi connectivity index (χ1n) is 5.76. The quantitative estimate of drug-likeness (QED) is 0.639. The topological polar surface area (TPSA) is 22.1 Å². The van der Waals surface area contributed by atoms with Crippen LogP contribution in [0, 0.1) is 5.92 Å². The van der Waals surface area contributed by atoms with Gasteiger partial charge in [-0.25, -0.2) is 0 Å². The van der Waals surface area contributed by atoms with Crippen molar-refractivity contribution in [2.45, 2.75) is 39.7 Å². The van der Waals surface area contributed by atoms with Gasteiger partial charge in [0.2, 0.25) is 0 Å². The smallest absolute Gasteiger partial charge is 0.0887 e. The Morgan fingerprint density at radius 3 is 2.80 bits per heavy atom. The Labute approximate surface area is 92.7 Å². The molecule has 0 aliphatic rings. The van der Waals surface area contributed by atoms with Gasteiger partial charge in [-0.05, 0) is 24.5 Å². The maximum Gasteiger partial charge on any atom is 0.0887 e. The summed E-state index contributed by atoms with van der Waals surface area (Å²) in [4.78, 5) is 4.20. The summed E-state index contributed by atoms with van der Waals surface area (Å²) in [5.74, 6) is 0.806. The molecule has 2 nitrogen and oxygen atoms in total. The van der Waals surface area contributed by atoms with Crippen molar-refractivity contribution in [1.82, 2.24) is 4.98 Å². The first kappa shape index (κ1) is 12.2. The van der Waals surface area contributed by atoms with Gasteiger partial charge in [0.25, 0.3) is 0 Å². The molecule has 0 bridgehead atoms. The lowest BCUT2D eigenvalue weighted by Gasteiger charge is -2.05. The summed E-state index contributed by atoms with van der Waals surface area (Å²) in [5, 5.41) is 0. The fraction of sp³-hybridized carbons (Fsp3) is 0.615. The number of rotatable bonds is 7. The number of pyridine rings is 1. The summed E-state index contributed by atoms with van der Waals surface area (Å²) in [6, 6.07) is 5.91. The minimum absolute atomic E-state index is 0.641. The van der Waals surface area contributed by atoms with Crippen LogP contribution in [0.1, 0.15) is 38.8 Å². The molecular weight excluding hydrogens is 186 g/mol. The minimum Gasteiger partial charge on any atom is -0.375 e. The molecule has 2 heteroatoms. The molecule has 0 saturated heterocycles. The molecule has 0 unspecified atom stereocenters. The van der Waals surface area contributed by atoms with Crippen LogP contribution in [0.25, 0.3) is 0 Å². The SMILES string of the molecule is CC(C)CCCCOCc1ccccn1. The van der Waals surface area contributed by atoms with E-state index in [4.69, 9.17) is 4.74 Å². The molecule has 0 atom stereocenters. The summed E-state index contributed by atoms with van der Waals surface area (Å²) in [6.07, 6.45) is 5.52. The van der Waals surface area contributed by atoms with Crippen LogP contribution in [0.3, 0.4) is 0 Å². The molecule has 15 heavy (non-hydrogen) atoms. The largest absolute Gasteiger partial charge is 0.375 e. The summed E-state index contributed by atoms with van der Waals surface area (Å²) in [5.41, 5.74) is 1.02. The Morgan fingerprint density at radius 1 is 1.27 bits per heavy atom. The molecule has 0 radical (unpaired) electrons. The monoisotopic (exact) mass is 207 g/mol. The van der Waals surface area contributed by atoms with Crippen molar-refractivity contribution in [2.75, 3.05) is 6.61 Å². The van der Waals surface area contributed by atoms with E-state index >= 15 is 0 Å². The molecule has 0 N–H and O–H groups in total. The average molecular weight is 207 g/mol. The molecule has 0 spiro atoms. The van der Waals surface area contributed by atoms with E-state index in [-0.39, 0.29) is 0 Å². The number of hydrogen-bond donors (Lipinski definition) is 0. The zero-order chi connectivity index (χ0) is 10.9. The predicted molar refractivity (Wildman–Crippen MR) is 62.6 cm³/mol. The van der Waals surface area contributed by atoms with E-state index in [0.717, 1.165) is 24.6 Å². The fourth-order valence-electron chi connectivity index (χ4n) is 1.42. The molecule has 0 amide bonds. The van der Waals surface area contributed by atoms with Gasteiger partial charge < -0.3 is 4.74 Å². The van der Waals surface area contributed by atoms with Crippen LogP contribution in [0.4, 0.5) is 0 Å². The van der Waals surface area contributed by atoms with Crippen molar-refractivity contribution in [3.63, 3.8) is 0 Å². The lowest BCUT2D eigenvalue weighted by molar-refractivity contribution is 0.113. The van der Waals surface area contributed by atoms with Gasteiger partial charge in [0.1, 0.15) is 0 Å². The second-order valence-electron chi connectivity index (χ2n) is 4.26. The Kier molecular flexibility index (Phi) is 6.02. The van der Waals surface area contributed by atoms with Crippen LogP contribution in [0.15, 0.2) is 24.4 Å². The van der Waals surface area contributed by atoms with Gasteiger partial charge in [-0.1, -0.05) is 32.8 Å².